The Morgan fingerprint density at radius 1 is 1.36 bits per heavy atom. The normalized spacial score (nSPS) is 15.0. The van der Waals surface area contributed by atoms with Crippen LogP contribution in [-0.4, -0.2) is 17.0 Å². The Balaban J connectivity index is 2.76. The van der Waals surface area contributed by atoms with Gasteiger partial charge in [0.2, 0.25) is 0 Å². The summed E-state index contributed by atoms with van der Waals surface area (Å²) in [5, 5.41) is 7.05. The maximum atomic E-state index is 12.8. The molecule has 1 aromatic carbocycles. The van der Waals surface area contributed by atoms with Gasteiger partial charge < -0.3 is 9.84 Å². The highest BCUT2D eigenvalue weighted by Crippen LogP contribution is 2.58. The second kappa shape index (κ2) is 9.36. The lowest BCUT2D eigenvalue weighted by molar-refractivity contribution is 0.343. The summed E-state index contributed by atoms with van der Waals surface area (Å²) in [6.07, 6.45) is 0.882. The molecule has 9 heteroatoms. The average Bonchev–Trinajstić information content (AvgIpc) is 2.36. The first-order valence-electron chi connectivity index (χ1n) is 6.76. The molecule has 0 aliphatic rings. The Kier molecular flexibility index (Phi) is 8.54. The number of hydrogen-bond donors (Lipinski definition) is 2. The first-order chi connectivity index (χ1) is 10.3. The highest BCUT2D eigenvalue weighted by atomic mass is 35.5. The lowest BCUT2D eigenvalue weighted by atomic mass is 10.3. The predicted molar refractivity (Wildman–Crippen MR) is 102 cm³/mol. The van der Waals surface area contributed by atoms with E-state index in [1.807, 2.05) is 13.8 Å². The van der Waals surface area contributed by atoms with Crippen molar-refractivity contribution < 1.29 is 9.09 Å². The molecule has 0 aliphatic carbocycles. The van der Waals surface area contributed by atoms with E-state index in [4.69, 9.17) is 39.9 Å². The van der Waals surface area contributed by atoms with Crippen LogP contribution in [0.3, 0.4) is 0 Å². The number of thiocarbonyl (C=S) groups is 1. The van der Waals surface area contributed by atoms with E-state index in [9.17, 15) is 4.57 Å². The summed E-state index contributed by atoms with van der Waals surface area (Å²) in [6.45, 7) is 3.03. The molecule has 0 aliphatic heterocycles. The Labute approximate surface area is 150 Å². The van der Waals surface area contributed by atoms with Crippen LogP contribution in [0.5, 0.6) is 0 Å². The van der Waals surface area contributed by atoms with Crippen molar-refractivity contribution in [1.82, 2.24) is 5.09 Å². The van der Waals surface area contributed by atoms with Gasteiger partial charge in [0.05, 0.1) is 6.61 Å². The summed E-state index contributed by atoms with van der Waals surface area (Å²) < 4.78 is 18.2. The molecule has 4 nitrogen and oxygen atoms in total. The van der Waals surface area contributed by atoms with E-state index in [2.05, 4.69) is 10.4 Å². The maximum Gasteiger partial charge on any atom is 0.353 e. The summed E-state index contributed by atoms with van der Waals surface area (Å²) in [6, 6.07) is 4.97. The molecule has 22 heavy (non-hydrogen) atoms. The second-order valence-electron chi connectivity index (χ2n) is 4.46. The maximum absolute atomic E-state index is 12.8. The molecule has 2 N–H and O–H groups in total. The molecule has 1 rings (SSSR count). The van der Waals surface area contributed by atoms with E-state index in [0.29, 0.717) is 22.3 Å². The minimum Gasteiger partial charge on any atom is -0.332 e. The van der Waals surface area contributed by atoms with Crippen LogP contribution in [0.25, 0.3) is 0 Å². The number of benzene rings is 1. The van der Waals surface area contributed by atoms with E-state index in [0.717, 1.165) is 6.42 Å². The van der Waals surface area contributed by atoms with Crippen LogP contribution >= 0.6 is 53.5 Å². The fourth-order valence-electron chi connectivity index (χ4n) is 1.48. The zero-order valence-corrected chi connectivity index (χ0v) is 16.6. The first-order valence-corrected chi connectivity index (χ1v) is 11.0. The van der Waals surface area contributed by atoms with E-state index in [-0.39, 0.29) is 10.4 Å². The van der Waals surface area contributed by atoms with Gasteiger partial charge in [-0.15, -0.1) is 0 Å². The number of halogens is 2. The van der Waals surface area contributed by atoms with E-state index in [1.54, 1.807) is 25.1 Å². The number of rotatable bonds is 7. The third kappa shape index (κ3) is 7.07. The van der Waals surface area contributed by atoms with Crippen molar-refractivity contribution in [3.8, 4) is 0 Å². The molecule has 2 atom stereocenters. The lowest BCUT2D eigenvalue weighted by Gasteiger charge is -2.22. The molecule has 0 aromatic heterocycles. The van der Waals surface area contributed by atoms with Crippen LogP contribution in [0, 0.1) is 0 Å². The largest absolute Gasteiger partial charge is 0.353 e. The van der Waals surface area contributed by atoms with Gasteiger partial charge >= 0.3 is 6.72 Å². The van der Waals surface area contributed by atoms with Crippen LogP contribution in [0.4, 0.5) is 5.69 Å². The molecule has 2 unspecified atom stereocenters. The molecule has 124 valence electrons. The molecule has 0 heterocycles. The zero-order chi connectivity index (χ0) is 16.8. The van der Waals surface area contributed by atoms with Crippen molar-refractivity contribution in [1.29, 1.82) is 0 Å². The molecule has 1 aromatic rings. The third-order valence-corrected chi connectivity index (χ3v) is 7.91. The van der Waals surface area contributed by atoms with Crippen LogP contribution in [0.2, 0.25) is 10.0 Å². The standard InChI is InChI=1S/C13H19Cl2N2O2PS2/c1-4-9(3)22-20(18,19-5-2)17-13(21)16-12-7-10(14)6-11(15)8-12/h6-9H,4-5H2,1-3H3,(H2,16,17,18,21). The zero-order valence-electron chi connectivity index (χ0n) is 12.6. The van der Waals surface area contributed by atoms with Crippen LogP contribution < -0.4 is 10.4 Å². The van der Waals surface area contributed by atoms with Crippen LogP contribution in [0.15, 0.2) is 18.2 Å². The molecular formula is C13H19Cl2N2O2PS2. The smallest absolute Gasteiger partial charge is 0.332 e. The van der Waals surface area contributed by atoms with Gasteiger partial charge in [-0.05, 0) is 55.1 Å². The Hall–Kier alpha value is 0.0300. The van der Waals surface area contributed by atoms with Crippen LogP contribution in [0.1, 0.15) is 27.2 Å². The molecule has 0 bridgehead atoms. The molecule has 0 spiro atoms. The molecule has 0 saturated carbocycles. The molecule has 0 fully saturated rings. The van der Waals surface area contributed by atoms with Crippen molar-refractivity contribution >= 4 is 64.3 Å². The van der Waals surface area contributed by atoms with Gasteiger partial charge in [-0.1, -0.05) is 37.0 Å². The second-order valence-corrected chi connectivity index (χ2v) is 10.3. The molecule has 0 amide bonds. The summed E-state index contributed by atoms with van der Waals surface area (Å²) in [5.74, 6) is 0. The fourth-order valence-corrected chi connectivity index (χ4v) is 6.90. The highest BCUT2D eigenvalue weighted by molar-refractivity contribution is 8.56. The summed E-state index contributed by atoms with van der Waals surface area (Å²) >= 11 is 18.3. The van der Waals surface area contributed by atoms with E-state index >= 15 is 0 Å². The van der Waals surface area contributed by atoms with Gasteiger partial charge in [0.15, 0.2) is 5.11 Å². The Morgan fingerprint density at radius 2 is 1.95 bits per heavy atom. The van der Waals surface area contributed by atoms with Crippen molar-refractivity contribution in [2.45, 2.75) is 32.4 Å². The van der Waals surface area contributed by atoms with Crippen LogP contribution in [-0.2, 0) is 9.09 Å². The Bertz CT molecular complexity index is 555. The minimum atomic E-state index is -3.11. The average molecular weight is 401 g/mol. The van der Waals surface area contributed by atoms with Crippen molar-refractivity contribution in [2.24, 2.45) is 0 Å². The first kappa shape index (κ1) is 20.1. The fraction of sp³-hybridized carbons (Fsp3) is 0.462. The number of nitrogens with one attached hydrogen (secondary N) is 2. The number of anilines is 1. The lowest BCUT2D eigenvalue weighted by Crippen LogP contribution is -2.26. The molecule has 0 saturated heterocycles. The van der Waals surface area contributed by atoms with Gasteiger partial charge in [0.1, 0.15) is 0 Å². The summed E-state index contributed by atoms with van der Waals surface area (Å²) in [5.41, 5.74) is 0.617. The van der Waals surface area contributed by atoms with E-state index in [1.165, 1.54) is 11.4 Å². The summed E-state index contributed by atoms with van der Waals surface area (Å²) in [7, 11) is 0. The van der Waals surface area contributed by atoms with Gasteiger partial charge in [-0.3, -0.25) is 9.65 Å². The predicted octanol–water partition coefficient (Wildman–Crippen LogP) is 5.96. The van der Waals surface area contributed by atoms with E-state index < -0.39 is 6.72 Å². The topological polar surface area (TPSA) is 50.4 Å². The third-order valence-electron chi connectivity index (χ3n) is 2.55. The van der Waals surface area contributed by atoms with Gasteiger partial charge in [-0.2, -0.15) is 0 Å². The molecule has 0 radical (unpaired) electrons. The quantitative estimate of drug-likeness (QED) is 0.435. The summed E-state index contributed by atoms with van der Waals surface area (Å²) in [4.78, 5) is 0. The Morgan fingerprint density at radius 3 is 2.45 bits per heavy atom. The van der Waals surface area contributed by atoms with Gasteiger partial charge in [-0.25, -0.2) is 0 Å². The monoisotopic (exact) mass is 400 g/mol. The van der Waals surface area contributed by atoms with Crippen molar-refractivity contribution in [2.75, 3.05) is 11.9 Å². The number of hydrogen-bond acceptors (Lipinski definition) is 4. The molecular weight excluding hydrogens is 382 g/mol. The van der Waals surface area contributed by atoms with Gasteiger partial charge in [0, 0.05) is 21.0 Å². The van der Waals surface area contributed by atoms with Crippen molar-refractivity contribution in [3.05, 3.63) is 28.2 Å². The van der Waals surface area contributed by atoms with Crippen molar-refractivity contribution in [3.63, 3.8) is 0 Å². The highest BCUT2D eigenvalue weighted by Gasteiger charge is 2.27. The minimum absolute atomic E-state index is 0.188. The van der Waals surface area contributed by atoms with Gasteiger partial charge in [0.25, 0.3) is 0 Å². The SMILES string of the molecule is CCOP(=O)(NC(=S)Nc1cc(Cl)cc(Cl)c1)SC(C)CC.